The van der Waals surface area contributed by atoms with Crippen molar-refractivity contribution in [3.8, 4) is 11.5 Å². The molecule has 0 fully saturated rings. The normalized spacial score (nSPS) is 10.6. The van der Waals surface area contributed by atoms with Crippen molar-refractivity contribution in [1.82, 2.24) is 4.98 Å². The summed E-state index contributed by atoms with van der Waals surface area (Å²) in [4.78, 5) is 16.7. The number of carbonyl (C=O) groups excluding carboxylic acids is 1. The molecule has 8 heteroatoms. The van der Waals surface area contributed by atoms with E-state index in [2.05, 4.69) is 10.3 Å². The van der Waals surface area contributed by atoms with Crippen molar-refractivity contribution in [2.45, 2.75) is 13.2 Å². The maximum atomic E-state index is 12.9. The molecule has 152 valence electrons. The van der Waals surface area contributed by atoms with Gasteiger partial charge in [0.25, 0.3) is 5.91 Å². The number of carbonyl (C=O) groups is 1. The number of benzene rings is 2. The number of rotatable bonds is 8. The van der Waals surface area contributed by atoms with Crippen LogP contribution in [-0.2, 0) is 13.2 Å². The highest BCUT2D eigenvalue weighted by atomic mass is 32.1. The van der Waals surface area contributed by atoms with Gasteiger partial charge in [0.2, 0.25) is 0 Å². The molecule has 0 radical (unpaired) electrons. The van der Waals surface area contributed by atoms with E-state index < -0.39 is 5.91 Å². The molecule has 4 aromatic rings. The summed E-state index contributed by atoms with van der Waals surface area (Å²) in [6.45, 7) is 0.425. The van der Waals surface area contributed by atoms with Crippen LogP contribution in [0, 0.1) is 5.82 Å². The molecule has 0 saturated carbocycles. The standard InChI is InChI=1S/C22H17FN2O4S/c23-15-5-7-17(8-6-15)27-12-18-9-10-21(29-18)22(26)25-19-3-1-2-4-20(19)28-11-16-13-30-14-24-16/h1-10,13-14H,11-12H2,(H,25,26). The van der Waals surface area contributed by atoms with Crippen molar-refractivity contribution < 1.29 is 23.1 Å². The van der Waals surface area contributed by atoms with Crippen LogP contribution in [0.1, 0.15) is 22.0 Å². The Morgan fingerprint density at radius 2 is 1.87 bits per heavy atom. The first-order valence-electron chi connectivity index (χ1n) is 9.05. The Hall–Kier alpha value is -3.65. The van der Waals surface area contributed by atoms with Crippen LogP contribution < -0.4 is 14.8 Å². The average molecular weight is 424 g/mol. The fourth-order valence-electron chi connectivity index (χ4n) is 2.60. The fraction of sp³-hybridized carbons (Fsp3) is 0.0909. The number of hydrogen-bond acceptors (Lipinski definition) is 6. The Morgan fingerprint density at radius 1 is 1.03 bits per heavy atom. The lowest BCUT2D eigenvalue weighted by Crippen LogP contribution is -2.12. The number of nitrogens with one attached hydrogen (secondary N) is 1. The van der Waals surface area contributed by atoms with Crippen LogP contribution in [-0.4, -0.2) is 10.9 Å². The van der Waals surface area contributed by atoms with Crippen molar-refractivity contribution in [3.63, 3.8) is 0 Å². The van der Waals surface area contributed by atoms with E-state index in [4.69, 9.17) is 13.9 Å². The molecule has 1 amide bonds. The van der Waals surface area contributed by atoms with E-state index in [1.165, 1.54) is 35.6 Å². The van der Waals surface area contributed by atoms with Crippen LogP contribution >= 0.6 is 11.3 Å². The summed E-state index contributed by atoms with van der Waals surface area (Å²) in [5.41, 5.74) is 3.08. The number of aromatic nitrogens is 1. The highest BCUT2D eigenvalue weighted by molar-refractivity contribution is 7.07. The highest BCUT2D eigenvalue weighted by Gasteiger charge is 2.14. The van der Waals surface area contributed by atoms with E-state index >= 15 is 0 Å². The Bertz CT molecular complexity index is 1110. The van der Waals surface area contributed by atoms with Gasteiger partial charge in [-0.1, -0.05) is 12.1 Å². The van der Waals surface area contributed by atoms with E-state index in [0.717, 1.165) is 5.69 Å². The molecule has 0 unspecified atom stereocenters. The molecule has 6 nitrogen and oxygen atoms in total. The molecular formula is C22H17FN2O4S. The third kappa shape index (κ3) is 5.03. The van der Waals surface area contributed by atoms with Gasteiger partial charge in [0.05, 0.1) is 16.9 Å². The average Bonchev–Trinajstić information content (AvgIpc) is 3.45. The summed E-state index contributed by atoms with van der Waals surface area (Å²) < 4.78 is 29.8. The lowest BCUT2D eigenvalue weighted by atomic mass is 10.3. The summed E-state index contributed by atoms with van der Waals surface area (Å²) in [7, 11) is 0. The van der Waals surface area contributed by atoms with Crippen LogP contribution in [0.2, 0.25) is 0 Å². The number of amides is 1. The number of nitrogens with zero attached hydrogens (tertiary/aromatic N) is 1. The van der Waals surface area contributed by atoms with E-state index in [-0.39, 0.29) is 18.2 Å². The molecule has 4 rings (SSSR count). The second kappa shape index (κ2) is 9.23. The molecule has 30 heavy (non-hydrogen) atoms. The van der Waals surface area contributed by atoms with Crippen LogP contribution in [0.5, 0.6) is 11.5 Å². The van der Waals surface area contributed by atoms with Crippen LogP contribution in [0.25, 0.3) is 0 Å². The van der Waals surface area contributed by atoms with Gasteiger partial charge in [0.15, 0.2) is 5.76 Å². The van der Waals surface area contributed by atoms with Gasteiger partial charge in [-0.2, -0.15) is 0 Å². The van der Waals surface area contributed by atoms with Gasteiger partial charge in [-0.15, -0.1) is 11.3 Å². The van der Waals surface area contributed by atoms with Crippen molar-refractivity contribution in [2.75, 3.05) is 5.32 Å². The maximum Gasteiger partial charge on any atom is 0.291 e. The third-order valence-electron chi connectivity index (χ3n) is 4.07. The zero-order valence-electron chi connectivity index (χ0n) is 15.7. The maximum absolute atomic E-state index is 12.9. The zero-order chi connectivity index (χ0) is 20.8. The van der Waals surface area contributed by atoms with Crippen LogP contribution in [0.4, 0.5) is 10.1 Å². The Kier molecular flexibility index (Phi) is 6.05. The predicted molar refractivity (Wildman–Crippen MR) is 110 cm³/mol. The minimum Gasteiger partial charge on any atom is -0.486 e. The molecular weight excluding hydrogens is 407 g/mol. The first kappa shape index (κ1) is 19.7. The number of ether oxygens (including phenoxy) is 2. The van der Waals surface area contributed by atoms with Crippen molar-refractivity contribution in [3.05, 3.63) is 94.6 Å². The number of furan rings is 1. The lowest BCUT2D eigenvalue weighted by Gasteiger charge is -2.11. The molecule has 2 heterocycles. The van der Waals surface area contributed by atoms with E-state index in [1.54, 1.807) is 35.8 Å². The second-order valence-corrected chi connectivity index (χ2v) is 6.95. The lowest BCUT2D eigenvalue weighted by molar-refractivity contribution is 0.0992. The topological polar surface area (TPSA) is 73.6 Å². The largest absolute Gasteiger partial charge is 0.486 e. The molecule has 0 spiro atoms. The molecule has 0 bridgehead atoms. The van der Waals surface area contributed by atoms with Gasteiger partial charge in [-0.05, 0) is 48.5 Å². The van der Waals surface area contributed by atoms with Gasteiger partial charge >= 0.3 is 0 Å². The summed E-state index contributed by atoms with van der Waals surface area (Å²) in [6, 6.07) is 16.0. The molecule has 2 aromatic heterocycles. The SMILES string of the molecule is O=C(Nc1ccccc1OCc1cscn1)c1ccc(COc2ccc(F)cc2)o1. The van der Waals surface area contributed by atoms with Crippen molar-refractivity contribution in [2.24, 2.45) is 0 Å². The minimum atomic E-state index is -0.409. The van der Waals surface area contributed by atoms with Gasteiger partial charge in [0, 0.05) is 5.38 Å². The highest BCUT2D eigenvalue weighted by Crippen LogP contribution is 2.26. The molecule has 0 aliphatic rings. The third-order valence-corrected chi connectivity index (χ3v) is 4.71. The van der Waals surface area contributed by atoms with Crippen molar-refractivity contribution >= 4 is 22.9 Å². The van der Waals surface area contributed by atoms with E-state index in [9.17, 15) is 9.18 Å². The smallest absolute Gasteiger partial charge is 0.291 e. The Morgan fingerprint density at radius 3 is 2.67 bits per heavy atom. The monoisotopic (exact) mass is 424 g/mol. The van der Waals surface area contributed by atoms with Crippen LogP contribution in [0.3, 0.4) is 0 Å². The Labute approximate surface area is 175 Å². The number of hydrogen-bond donors (Lipinski definition) is 1. The number of halogens is 1. The molecule has 0 aliphatic carbocycles. The number of anilines is 1. The molecule has 0 saturated heterocycles. The van der Waals surface area contributed by atoms with Gasteiger partial charge < -0.3 is 19.2 Å². The summed E-state index contributed by atoms with van der Waals surface area (Å²) >= 11 is 1.49. The number of thiazole rings is 1. The Balaban J connectivity index is 1.37. The van der Waals surface area contributed by atoms with Crippen molar-refractivity contribution in [1.29, 1.82) is 0 Å². The predicted octanol–water partition coefficient (Wildman–Crippen LogP) is 5.29. The number of para-hydroxylation sites is 2. The molecule has 1 N–H and O–H groups in total. The van der Waals surface area contributed by atoms with E-state index in [0.29, 0.717) is 29.6 Å². The first-order chi connectivity index (χ1) is 14.7. The quantitative estimate of drug-likeness (QED) is 0.416. The molecule has 2 aromatic carbocycles. The minimum absolute atomic E-state index is 0.117. The second-order valence-electron chi connectivity index (χ2n) is 6.23. The first-order valence-corrected chi connectivity index (χ1v) is 9.99. The van der Waals surface area contributed by atoms with Gasteiger partial charge in [-0.3, -0.25) is 4.79 Å². The molecule has 0 atom stereocenters. The molecule has 0 aliphatic heterocycles. The van der Waals surface area contributed by atoms with Gasteiger partial charge in [0.1, 0.15) is 36.3 Å². The fourth-order valence-corrected chi connectivity index (χ4v) is 3.15. The zero-order valence-corrected chi connectivity index (χ0v) is 16.5. The summed E-state index contributed by atoms with van der Waals surface area (Å²) in [6.07, 6.45) is 0. The van der Waals surface area contributed by atoms with Gasteiger partial charge in [-0.25, -0.2) is 9.37 Å². The summed E-state index contributed by atoms with van der Waals surface area (Å²) in [5.74, 6) is 0.901. The van der Waals surface area contributed by atoms with E-state index in [1.807, 2.05) is 11.4 Å². The summed E-state index contributed by atoms with van der Waals surface area (Å²) in [5, 5.41) is 4.69. The van der Waals surface area contributed by atoms with Crippen LogP contribution in [0.15, 0.2) is 76.0 Å².